The molecule has 0 bridgehead atoms. The Hall–Kier alpha value is -1.31. The Balaban J connectivity index is 2.26. The lowest BCUT2D eigenvalue weighted by Gasteiger charge is -2.09. The van der Waals surface area contributed by atoms with Gasteiger partial charge >= 0.3 is 0 Å². The Morgan fingerprint density at radius 1 is 1.45 bits per heavy atom. The summed E-state index contributed by atoms with van der Waals surface area (Å²) in [4.78, 5) is 25.3. The first kappa shape index (κ1) is 15.1. The highest BCUT2D eigenvalue weighted by molar-refractivity contribution is 9.10. The van der Waals surface area contributed by atoms with Gasteiger partial charge in [0.15, 0.2) is 0 Å². The number of nitrogens with zero attached hydrogens (tertiary/aromatic N) is 1. The van der Waals surface area contributed by atoms with Gasteiger partial charge in [-0.2, -0.15) is 0 Å². The second-order valence-corrected chi connectivity index (χ2v) is 5.86. The highest BCUT2D eigenvalue weighted by Crippen LogP contribution is 2.33. The molecule has 20 heavy (non-hydrogen) atoms. The smallest absolute Gasteiger partial charge is 0.293 e. The maximum Gasteiger partial charge on any atom is 0.293 e. The number of methoxy groups -OCH3 is 1. The van der Waals surface area contributed by atoms with Gasteiger partial charge in [0.25, 0.3) is 11.1 Å². The first-order chi connectivity index (χ1) is 9.56. The minimum absolute atomic E-state index is 0.244. The lowest BCUT2D eigenvalue weighted by atomic mass is 10.2. The largest absolute Gasteiger partial charge is 0.496 e. The average molecular weight is 357 g/mol. The van der Waals surface area contributed by atoms with E-state index < -0.39 is 0 Å². The molecule has 7 heteroatoms. The summed E-state index contributed by atoms with van der Waals surface area (Å²) in [6, 6.07) is 5.44. The third-order valence-corrected chi connectivity index (χ3v) is 4.23. The van der Waals surface area contributed by atoms with E-state index in [-0.39, 0.29) is 24.2 Å². The number of carbonyl (C=O) groups excluding carboxylic acids is 2. The molecule has 0 aromatic heterocycles. The minimum Gasteiger partial charge on any atom is -0.496 e. The van der Waals surface area contributed by atoms with Crippen LogP contribution in [0.2, 0.25) is 0 Å². The first-order valence-electron chi connectivity index (χ1n) is 5.85. The van der Waals surface area contributed by atoms with Crippen molar-refractivity contribution in [3.63, 3.8) is 0 Å². The Morgan fingerprint density at radius 2 is 2.20 bits per heavy atom. The SMILES string of the molecule is COc1ccc(/C=C2\SC(=O)N(CCN)C2=O)cc1Br. The normalized spacial score (nSPS) is 17.1. The van der Waals surface area contributed by atoms with Crippen LogP contribution in [-0.4, -0.2) is 36.2 Å². The fourth-order valence-electron chi connectivity index (χ4n) is 1.75. The number of benzene rings is 1. The molecule has 1 aliphatic rings. The Labute approximate surface area is 129 Å². The van der Waals surface area contributed by atoms with Crippen LogP contribution in [0.25, 0.3) is 6.08 Å². The second kappa shape index (κ2) is 6.43. The summed E-state index contributed by atoms with van der Waals surface area (Å²) in [6.07, 6.45) is 1.69. The van der Waals surface area contributed by atoms with E-state index in [4.69, 9.17) is 10.5 Å². The molecule has 0 spiro atoms. The van der Waals surface area contributed by atoms with Crippen molar-refractivity contribution >= 4 is 44.9 Å². The first-order valence-corrected chi connectivity index (χ1v) is 7.46. The van der Waals surface area contributed by atoms with Crippen molar-refractivity contribution in [3.8, 4) is 5.75 Å². The van der Waals surface area contributed by atoms with Gasteiger partial charge in [-0.3, -0.25) is 14.5 Å². The van der Waals surface area contributed by atoms with Gasteiger partial charge in [-0.25, -0.2) is 0 Å². The monoisotopic (exact) mass is 356 g/mol. The summed E-state index contributed by atoms with van der Waals surface area (Å²) < 4.78 is 5.93. The zero-order chi connectivity index (χ0) is 14.7. The maximum atomic E-state index is 12.0. The summed E-state index contributed by atoms with van der Waals surface area (Å²) in [5.74, 6) is 0.413. The maximum absolute atomic E-state index is 12.0. The fourth-order valence-corrected chi connectivity index (χ4v) is 3.17. The number of hydrogen-bond donors (Lipinski definition) is 1. The number of halogens is 1. The number of rotatable bonds is 4. The van der Waals surface area contributed by atoms with Gasteiger partial charge in [-0.1, -0.05) is 6.07 Å². The van der Waals surface area contributed by atoms with Crippen LogP contribution < -0.4 is 10.5 Å². The predicted molar refractivity (Wildman–Crippen MR) is 82.4 cm³/mol. The van der Waals surface area contributed by atoms with Crippen LogP contribution >= 0.6 is 27.7 Å². The van der Waals surface area contributed by atoms with E-state index in [0.29, 0.717) is 10.7 Å². The van der Waals surface area contributed by atoms with Crippen molar-refractivity contribution in [3.05, 3.63) is 33.1 Å². The molecule has 1 aromatic rings. The number of hydrogen-bond acceptors (Lipinski definition) is 5. The van der Waals surface area contributed by atoms with Crippen molar-refractivity contribution in [2.45, 2.75) is 0 Å². The van der Waals surface area contributed by atoms with Gasteiger partial charge in [-0.05, 0) is 51.5 Å². The van der Waals surface area contributed by atoms with Crippen molar-refractivity contribution in [1.82, 2.24) is 4.90 Å². The molecule has 0 aliphatic carbocycles. The summed E-state index contributed by atoms with van der Waals surface area (Å²) in [6.45, 7) is 0.508. The van der Waals surface area contributed by atoms with E-state index in [1.54, 1.807) is 19.3 Å². The number of thioether (sulfide) groups is 1. The molecule has 0 atom stereocenters. The Morgan fingerprint density at radius 3 is 2.80 bits per heavy atom. The zero-order valence-corrected chi connectivity index (χ0v) is 13.2. The van der Waals surface area contributed by atoms with Crippen LogP contribution in [0, 0.1) is 0 Å². The molecule has 1 saturated heterocycles. The van der Waals surface area contributed by atoms with E-state index in [9.17, 15) is 9.59 Å². The van der Waals surface area contributed by atoms with Gasteiger partial charge < -0.3 is 10.5 Å². The van der Waals surface area contributed by atoms with Gasteiger partial charge in [0, 0.05) is 13.1 Å². The lowest BCUT2D eigenvalue weighted by molar-refractivity contribution is -0.122. The van der Waals surface area contributed by atoms with E-state index in [1.165, 1.54) is 0 Å². The molecule has 5 nitrogen and oxygen atoms in total. The number of ether oxygens (including phenoxy) is 1. The van der Waals surface area contributed by atoms with Crippen molar-refractivity contribution in [1.29, 1.82) is 0 Å². The molecular formula is C13H13BrN2O3S. The van der Waals surface area contributed by atoms with E-state index >= 15 is 0 Å². The quantitative estimate of drug-likeness (QED) is 0.838. The van der Waals surface area contributed by atoms with Gasteiger partial charge in [0.2, 0.25) is 0 Å². The average Bonchev–Trinajstić information content (AvgIpc) is 2.67. The third-order valence-electron chi connectivity index (χ3n) is 2.70. The van der Waals surface area contributed by atoms with Crippen LogP contribution in [0.15, 0.2) is 27.6 Å². The van der Waals surface area contributed by atoms with Crippen LogP contribution in [0.1, 0.15) is 5.56 Å². The van der Waals surface area contributed by atoms with Crippen LogP contribution in [0.5, 0.6) is 5.75 Å². The number of nitrogens with two attached hydrogens (primary N) is 1. The number of imide groups is 1. The topological polar surface area (TPSA) is 72.6 Å². The molecule has 2 amide bonds. The summed E-state index contributed by atoms with van der Waals surface area (Å²) in [5.41, 5.74) is 6.20. The molecule has 0 radical (unpaired) electrons. The molecule has 0 saturated carbocycles. The lowest BCUT2D eigenvalue weighted by Crippen LogP contribution is -2.33. The minimum atomic E-state index is -0.294. The van der Waals surface area contributed by atoms with E-state index in [0.717, 1.165) is 26.7 Å². The molecular weight excluding hydrogens is 344 g/mol. The van der Waals surface area contributed by atoms with Gasteiger partial charge in [-0.15, -0.1) is 0 Å². The summed E-state index contributed by atoms with van der Waals surface area (Å²) in [7, 11) is 1.58. The van der Waals surface area contributed by atoms with E-state index in [1.807, 2.05) is 12.1 Å². The van der Waals surface area contributed by atoms with E-state index in [2.05, 4.69) is 15.9 Å². The molecule has 2 N–H and O–H groups in total. The van der Waals surface area contributed by atoms with Crippen LogP contribution in [0.4, 0.5) is 4.79 Å². The second-order valence-electron chi connectivity index (χ2n) is 4.02. The molecule has 1 heterocycles. The molecule has 106 valence electrons. The van der Waals surface area contributed by atoms with Crippen molar-refractivity contribution < 1.29 is 14.3 Å². The third kappa shape index (κ3) is 3.05. The Bertz CT molecular complexity index is 589. The Kier molecular flexibility index (Phi) is 4.85. The molecule has 1 aromatic carbocycles. The number of carbonyl (C=O) groups is 2. The highest BCUT2D eigenvalue weighted by atomic mass is 79.9. The highest BCUT2D eigenvalue weighted by Gasteiger charge is 2.34. The van der Waals surface area contributed by atoms with Gasteiger partial charge in [0.05, 0.1) is 16.5 Å². The van der Waals surface area contributed by atoms with Crippen molar-refractivity contribution in [2.24, 2.45) is 5.73 Å². The fraction of sp³-hybridized carbons (Fsp3) is 0.231. The van der Waals surface area contributed by atoms with Crippen LogP contribution in [-0.2, 0) is 4.79 Å². The molecule has 0 unspecified atom stereocenters. The zero-order valence-electron chi connectivity index (χ0n) is 10.8. The summed E-state index contributed by atoms with van der Waals surface area (Å²) in [5, 5.41) is -0.278. The predicted octanol–water partition coefficient (Wildman–Crippen LogP) is 2.45. The van der Waals surface area contributed by atoms with Crippen LogP contribution in [0.3, 0.4) is 0 Å². The molecule has 1 fully saturated rings. The summed E-state index contributed by atoms with van der Waals surface area (Å²) >= 11 is 4.31. The number of amides is 2. The van der Waals surface area contributed by atoms with Gasteiger partial charge in [0.1, 0.15) is 5.75 Å². The van der Waals surface area contributed by atoms with Crippen molar-refractivity contribution in [2.75, 3.05) is 20.2 Å². The standard InChI is InChI=1S/C13H13BrN2O3S/c1-19-10-3-2-8(6-9(10)14)7-11-12(17)16(5-4-15)13(18)20-11/h2-3,6-7H,4-5,15H2,1H3/b11-7-. The molecule has 2 rings (SSSR count). The molecule has 1 aliphatic heterocycles.